The Hall–Kier alpha value is -3.40. The molecule has 0 radical (unpaired) electrons. The molecule has 0 unspecified atom stereocenters. The van der Waals surface area contributed by atoms with Crippen LogP contribution in [-0.4, -0.2) is 68.3 Å². The summed E-state index contributed by atoms with van der Waals surface area (Å²) in [7, 11) is -4.60. The lowest BCUT2D eigenvalue weighted by Gasteiger charge is -2.39. The number of benzene rings is 2. The molecule has 2 aliphatic heterocycles. The second-order valence-electron chi connectivity index (χ2n) is 10.4. The topological polar surface area (TPSA) is 107 Å². The number of nitrogens with zero attached hydrogens (tertiary/aromatic N) is 2. The smallest absolute Gasteiger partial charge is 0.369 e. The van der Waals surface area contributed by atoms with Crippen molar-refractivity contribution in [2.24, 2.45) is 0 Å². The minimum absolute atomic E-state index is 0.0147. The number of hydrogen-bond acceptors (Lipinski definition) is 5. The molecule has 0 saturated carbocycles. The Balaban J connectivity index is 1.64. The van der Waals surface area contributed by atoms with Crippen molar-refractivity contribution in [2.45, 2.75) is 67.4 Å². The lowest BCUT2D eigenvalue weighted by atomic mass is 9.87. The van der Waals surface area contributed by atoms with E-state index in [1.165, 1.54) is 0 Å². The second-order valence-corrected chi connectivity index (χ2v) is 12.2. The molecule has 4 rings (SSSR count). The summed E-state index contributed by atoms with van der Waals surface area (Å²) in [6.45, 7) is 1.22. The van der Waals surface area contributed by atoms with Gasteiger partial charge in [-0.1, -0.05) is 12.1 Å². The van der Waals surface area contributed by atoms with Crippen LogP contribution >= 0.6 is 0 Å². The Morgan fingerprint density at radius 3 is 2.23 bits per heavy atom. The minimum atomic E-state index is -6.14. The molecule has 2 amide bonds. The fraction of sp³-hybridized carbons (Fsp3) is 0.481. The molecular formula is C27H28F7N3O5S. The zero-order chi connectivity index (χ0) is 31.8. The number of anilines is 1. The van der Waals surface area contributed by atoms with Gasteiger partial charge in [0.05, 0.1) is 16.6 Å². The van der Waals surface area contributed by atoms with E-state index < -0.39 is 62.6 Å². The number of aliphatic hydroxyl groups is 1. The van der Waals surface area contributed by atoms with Gasteiger partial charge in [0, 0.05) is 38.0 Å². The number of likely N-dealkylation sites (tertiary alicyclic amines) is 1. The normalized spacial score (nSPS) is 18.1. The van der Waals surface area contributed by atoms with Crippen LogP contribution in [0.25, 0.3) is 0 Å². The highest BCUT2D eigenvalue weighted by Gasteiger charge is 2.71. The van der Waals surface area contributed by atoms with Crippen LogP contribution in [0.15, 0.2) is 47.4 Å². The standard InChI is InChI=1S/C27H28F7N3O5S/c28-19-6-9-21(10-7-19)43(41,42)37-20(16-23(38)35-12-2-14-36-13-1-3-24(36)39)8-4-17-15-18(5-11-22(17)37)25(40,26(29,30)31)27(32,33)34/h5-7,9-11,15,20,40H,1-4,8,12-14,16H2,(H,35,38)/t20-/m0/s1. The summed E-state index contributed by atoms with van der Waals surface area (Å²) in [5.41, 5.74) is -7.27. The van der Waals surface area contributed by atoms with Crippen LogP contribution in [0.5, 0.6) is 0 Å². The molecule has 1 atom stereocenters. The summed E-state index contributed by atoms with van der Waals surface area (Å²) in [5.74, 6) is -1.31. The van der Waals surface area contributed by atoms with Crippen molar-refractivity contribution in [2.75, 3.05) is 23.9 Å². The van der Waals surface area contributed by atoms with Crippen LogP contribution < -0.4 is 9.62 Å². The van der Waals surface area contributed by atoms with E-state index in [1.54, 1.807) is 4.90 Å². The summed E-state index contributed by atoms with van der Waals surface area (Å²) in [4.78, 5) is 25.8. The van der Waals surface area contributed by atoms with E-state index >= 15 is 0 Å². The number of halogens is 7. The van der Waals surface area contributed by atoms with E-state index in [-0.39, 0.29) is 36.5 Å². The van der Waals surface area contributed by atoms with E-state index in [1.807, 2.05) is 0 Å². The number of carbonyl (C=O) groups excluding carboxylic acids is 2. The number of carbonyl (C=O) groups is 2. The van der Waals surface area contributed by atoms with Gasteiger partial charge in [0.25, 0.3) is 15.6 Å². The van der Waals surface area contributed by atoms with Gasteiger partial charge in [0.1, 0.15) is 5.82 Å². The van der Waals surface area contributed by atoms with Gasteiger partial charge in [-0.15, -0.1) is 0 Å². The molecule has 2 aromatic carbocycles. The first-order valence-electron chi connectivity index (χ1n) is 13.3. The molecule has 8 nitrogen and oxygen atoms in total. The van der Waals surface area contributed by atoms with Crippen molar-refractivity contribution in [3.05, 3.63) is 59.4 Å². The van der Waals surface area contributed by atoms with Crippen LogP contribution in [-0.2, 0) is 31.6 Å². The van der Waals surface area contributed by atoms with E-state index in [0.717, 1.165) is 41.1 Å². The monoisotopic (exact) mass is 639 g/mol. The lowest BCUT2D eigenvalue weighted by Crippen LogP contribution is -2.54. The van der Waals surface area contributed by atoms with Crippen LogP contribution in [0.2, 0.25) is 0 Å². The molecule has 0 spiro atoms. The van der Waals surface area contributed by atoms with Crippen LogP contribution in [0.3, 0.4) is 0 Å². The third-order valence-electron chi connectivity index (χ3n) is 7.52. The van der Waals surface area contributed by atoms with Gasteiger partial charge in [-0.3, -0.25) is 13.9 Å². The Labute approximate surface area is 242 Å². The average Bonchev–Trinajstić information content (AvgIpc) is 3.33. The Morgan fingerprint density at radius 1 is 1.00 bits per heavy atom. The molecule has 2 heterocycles. The van der Waals surface area contributed by atoms with Crippen LogP contribution in [0.4, 0.5) is 36.4 Å². The first-order valence-corrected chi connectivity index (χ1v) is 14.7. The van der Waals surface area contributed by atoms with Gasteiger partial charge in [0.15, 0.2) is 0 Å². The Bertz CT molecular complexity index is 1450. The molecular weight excluding hydrogens is 611 g/mol. The largest absolute Gasteiger partial charge is 0.430 e. The predicted molar refractivity (Wildman–Crippen MR) is 139 cm³/mol. The van der Waals surface area contributed by atoms with Crippen LogP contribution in [0.1, 0.15) is 43.2 Å². The molecule has 16 heteroatoms. The zero-order valence-electron chi connectivity index (χ0n) is 22.5. The van der Waals surface area contributed by atoms with Gasteiger partial charge in [0.2, 0.25) is 11.8 Å². The van der Waals surface area contributed by atoms with E-state index in [9.17, 15) is 53.8 Å². The predicted octanol–water partition coefficient (Wildman–Crippen LogP) is 4.17. The van der Waals surface area contributed by atoms with E-state index in [0.29, 0.717) is 38.1 Å². The fourth-order valence-corrected chi connectivity index (χ4v) is 7.02. The van der Waals surface area contributed by atoms with E-state index in [2.05, 4.69) is 5.32 Å². The quantitative estimate of drug-likeness (QED) is 0.317. The SMILES string of the molecule is O=C(C[C@@H]1CCc2cc(C(O)(C(F)(F)F)C(F)(F)F)ccc2N1S(=O)(=O)c1ccc(F)cc1)NCCCN1CCCC1=O. The molecule has 2 N–H and O–H groups in total. The van der Waals surface area contributed by atoms with Crippen molar-refractivity contribution < 1.29 is 53.8 Å². The molecule has 0 aromatic heterocycles. The number of fused-ring (bicyclic) bond motifs is 1. The minimum Gasteiger partial charge on any atom is -0.369 e. The third-order valence-corrected chi connectivity index (χ3v) is 9.40. The molecule has 0 bridgehead atoms. The molecule has 1 fully saturated rings. The highest BCUT2D eigenvalue weighted by Crippen LogP contribution is 2.51. The molecule has 43 heavy (non-hydrogen) atoms. The van der Waals surface area contributed by atoms with Crippen molar-refractivity contribution in [1.29, 1.82) is 0 Å². The highest BCUT2D eigenvalue weighted by atomic mass is 32.2. The van der Waals surface area contributed by atoms with Gasteiger partial charge in [-0.2, -0.15) is 26.3 Å². The van der Waals surface area contributed by atoms with Crippen molar-refractivity contribution in [1.82, 2.24) is 10.2 Å². The number of rotatable bonds is 9. The van der Waals surface area contributed by atoms with Crippen molar-refractivity contribution in [3.63, 3.8) is 0 Å². The maximum Gasteiger partial charge on any atom is 0.430 e. The number of nitrogens with one attached hydrogen (secondary N) is 1. The summed E-state index contributed by atoms with van der Waals surface area (Å²) >= 11 is 0. The number of aryl methyl sites for hydroxylation is 1. The lowest BCUT2D eigenvalue weighted by molar-refractivity contribution is -0.376. The zero-order valence-corrected chi connectivity index (χ0v) is 23.3. The van der Waals surface area contributed by atoms with E-state index in [4.69, 9.17) is 0 Å². The van der Waals surface area contributed by atoms with Gasteiger partial charge >= 0.3 is 12.4 Å². The number of sulfonamides is 1. The maximum absolute atomic E-state index is 13.7. The molecule has 0 aliphatic carbocycles. The first-order chi connectivity index (χ1) is 20.0. The Morgan fingerprint density at radius 2 is 1.65 bits per heavy atom. The molecule has 1 saturated heterocycles. The molecule has 2 aromatic rings. The summed E-state index contributed by atoms with van der Waals surface area (Å²) in [6.07, 6.45) is -11.4. The number of amides is 2. The molecule has 2 aliphatic rings. The Kier molecular flexibility index (Phi) is 9.03. The highest BCUT2D eigenvalue weighted by molar-refractivity contribution is 7.92. The summed E-state index contributed by atoms with van der Waals surface area (Å²) < 4.78 is 123. The molecule has 236 valence electrons. The van der Waals surface area contributed by atoms with Gasteiger partial charge in [-0.25, -0.2) is 12.8 Å². The van der Waals surface area contributed by atoms with Gasteiger partial charge in [-0.05, 0) is 61.6 Å². The van der Waals surface area contributed by atoms with Crippen molar-refractivity contribution >= 4 is 27.5 Å². The third kappa shape index (κ3) is 6.44. The average molecular weight is 640 g/mol. The fourth-order valence-electron chi connectivity index (χ4n) is 5.31. The van der Waals surface area contributed by atoms with Crippen molar-refractivity contribution in [3.8, 4) is 0 Å². The van der Waals surface area contributed by atoms with Crippen LogP contribution in [0, 0.1) is 5.82 Å². The summed E-state index contributed by atoms with van der Waals surface area (Å²) in [5, 5.41) is 12.5. The summed E-state index contributed by atoms with van der Waals surface area (Å²) in [6, 6.07) is 4.03. The number of alkyl halides is 6. The number of hydrogen-bond donors (Lipinski definition) is 2. The van der Waals surface area contributed by atoms with Gasteiger partial charge < -0.3 is 15.3 Å². The second kappa shape index (κ2) is 11.9. The maximum atomic E-state index is 13.7. The first kappa shape index (κ1) is 32.5.